The zero-order valence-electron chi connectivity index (χ0n) is 18.0. The Bertz CT molecular complexity index is 1230. The van der Waals surface area contributed by atoms with Gasteiger partial charge in [-0.2, -0.15) is 0 Å². The van der Waals surface area contributed by atoms with Crippen molar-refractivity contribution in [2.75, 3.05) is 11.4 Å². The van der Waals surface area contributed by atoms with Crippen LogP contribution in [0, 0.1) is 18.6 Å². The number of ether oxygens (including phenoxy) is 1. The second-order valence-electron chi connectivity index (χ2n) is 8.08. The molecule has 4 nitrogen and oxygen atoms in total. The van der Waals surface area contributed by atoms with Crippen molar-refractivity contribution in [3.8, 4) is 5.75 Å². The van der Waals surface area contributed by atoms with Gasteiger partial charge in [-0.3, -0.25) is 4.31 Å². The van der Waals surface area contributed by atoms with Gasteiger partial charge in [-0.05, 0) is 74.1 Å². The minimum Gasteiger partial charge on any atom is -0.497 e. The highest BCUT2D eigenvalue weighted by Crippen LogP contribution is 2.37. The molecule has 0 fully saturated rings. The number of nitrogens with zero attached hydrogens (tertiary/aromatic N) is 1. The average molecular weight is 458 g/mol. The Kier molecular flexibility index (Phi) is 6.20. The van der Waals surface area contributed by atoms with Gasteiger partial charge in [-0.15, -0.1) is 0 Å². The molecular formula is C25H25F2NO3S. The second-order valence-corrected chi connectivity index (χ2v) is 9.89. The first-order valence-corrected chi connectivity index (χ1v) is 12.0. The molecule has 0 radical (unpaired) electrons. The molecule has 168 valence electrons. The molecular weight excluding hydrogens is 432 g/mol. The van der Waals surface area contributed by atoms with Gasteiger partial charge < -0.3 is 4.74 Å². The molecule has 3 aromatic carbocycles. The Morgan fingerprint density at radius 3 is 2.47 bits per heavy atom. The van der Waals surface area contributed by atoms with Crippen LogP contribution in [0.1, 0.15) is 29.5 Å². The number of fused-ring (bicyclic) bond motifs is 1. The van der Waals surface area contributed by atoms with Gasteiger partial charge in [0, 0.05) is 12.1 Å². The van der Waals surface area contributed by atoms with E-state index in [0.29, 0.717) is 42.7 Å². The minimum atomic E-state index is -3.93. The van der Waals surface area contributed by atoms with Crippen molar-refractivity contribution < 1.29 is 21.9 Å². The van der Waals surface area contributed by atoms with Crippen LogP contribution in [-0.4, -0.2) is 21.6 Å². The van der Waals surface area contributed by atoms with Crippen LogP contribution in [0.3, 0.4) is 0 Å². The minimum absolute atomic E-state index is 0.154. The summed E-state index contributed by atoms with van der Waals surface area (Å²) in [4.78, 5) is 0.154. The van der Waals surface area contributed by atoms with Crippen molar-refractivity contribution in [1.82, 2.24) is 0 Å². The van der Waals surface area contributed by atoms with E-state index in [4.69, 9.17) is 4.74 Å². The second kappa shape index (κ2) is 8.90. The van der Waals surface area contributed by atoms with E-state index in [1.165, 1.54) is 29.6 Å². The SMILES string of the molecule is COc1ccc(CCC2CCc3ccc(F)cc3N2S(=O)(=O)c2ccc(C)cc2)c(F)c1. The van der Waals surface area contributed by atoms with Crippen LogP contribution in [0.25, 0.3) is 0 Å². The maximum Gasteiger partial charge on any atom is 0.264 e. The van der Waals surface area contributed by atoms with Crippen molar-refractivity contribution in [2.45, 2.75) is 43.5 Å². The Hall–Kier alpha value is -2.93. The predicted octanol–water partition coefficient (Wildman–Crippen LogP) is 5.42. The fourth-order valence-corrected chi connectivity index (χ4v) is 5.92. The summed E-state index contributed by atoms with van der Waals surface area (Å²) in [6.07, 6.45) is 1.96. The third-order valence-electron chi connectivity index (χ3n) is 5.95. The maximum atomic E-state index is 14.5. The number of hydrogen-bond donors (Lipinski definition) is 0. The standard InChI is InChI=1S/C25H25F2NO3S/c1-17-3-13-23(14-4-17)32(29,30)28-21(11-7-19-5-9-20(26)15-25(19)28)10-6-18-8-12-22(31-2)16-24(18)27/h3-5,8-9,12-16,21H,6-7,10-11H2,1-2H3. The Labute approximate surface area is 187 Å². The summed E-state index contributed by atoms with van der Waals surface area (Å²) in [6.45, 7) is 1.88. The van der Waals surface area contributed by atoms with Gasteiger partial charge in [-0.1, -0.05) is 29.8 Å². The molecule has 0 amide bonds. The first-order valence-electron chi connectivity index (χ1n) is 10.5. The number of methoxy groups -OCH3 is 1. The number of anilines is 1. The fraction of sp³-hybridized carbons (Fsp3) is 0.280. The van der Waals surface area contributed by atoms with Gasteiger partial charge >= 0.3 is 0 Å². The van der Waals surface area contributed by atoms with E-state index in [2.05, 4.69) is 0 Å². The van der Waals surface area contributed by atoms with Crippen LogP contribution >= 0.6 is 0 Å². The molecule has 1 aliphatic heterocycles. The summed E-state index contributed by atoms with van der Waals surface area (Å²) in [5.41, 5.74) is 2.58. The third-order valence-corrected chi connectivity index (χ3v) is 7.83. The Balaban J connectivity index is 1.70. The summed E-state index contributed by atoms with van der Waals surface area (Å²) in [7, 11) is -2.46. The summed E-state index contributed by atoms with van der Waals surface area (Å²) in [5, 5.41) is 0. The first-order chi connectivity index (χ1) is 15.3. The lowest BCUT2D eigenvalue weighted by Crippen LogP contribution is -2.44. The number of hydrogen-bond acceptors (Lipinski definition) is 3. The van der Waals surface area contributed by atoms with E-state index in [1.807, 2.05) is 6.92 Å². The molecule has 0 spiro atoms. The predicted molar refractivity (Wildman–Crippen MR) is 121 cm³/mol. The maximum absolute atomic E-state index is 14.5. The van der Waals surface area contributed by atoms with Gasteiger partial charge in [0.2, 0.25) is 0 Å². The van der Waals surface area contributed by atoms with Crippen molar-refractivity contribution >= 4 is 15.7 Å². The van der Waals surface area contributed by atoms with E-state index in [0.717, 1.165) is 11.1 Å². The highest BCUT2D eigenvalue weighted by molar-refractivity contribution is 7.92. The van der Waals surface area contributed by atoms with Gasteiger partial charge in [0.15, 0.2) is 0 Å². The zero-order valence-corrected chi connectivity index (χ0v) is 18.8. The number of rotatable bonds is 6. The van der Waals surface area contributed by atoms with Gasteiger partial charge in [0.05, 0.1) is 17.7 Å². The molecule has 0 aliphatic carbocycles. The van der Waals surface area contributed by atoms with Gasteiger partial charge in [-0.25, -0.2) is 17.2 Å². The summed E-state index contributed by atoms with van der Waals surface area (Å²) in [5.74, 6) is -0.453. The fourth-order valence-electron chi connectivity index (χ4n) is 4.18. The molecule has 3 aromatic rings. The van der Waals surface area contributed by atoms with Crippen molar-refractivity contribution in [1.29, 1.82) is 0 Å². The van der Waals surface area contributed by atoms with Crippen LogP contribution in [-0.2, 0) is 22.9 Å². The van der Waals surface area contributed by atoms with Gasteiger partial charge in [0.1, 0.15) is 17.4 Å². The van der Waals surface area contributed by atoms with Gasteiger partial charge in [0.25, 0.3) is 10.0 Å². The lowest BCUT2D eigenvalue weighted by molar-refractivity contribution is 0.410. The quantitative estimate of drug-likeness (QED) is 0.496. The molecule has 1 aliphatic rings. The number of aryl methyl sites for hydroxylation is 3. The molecule has 0 saturated carbocycles. The summed E-state index contributed by atoms with van der Waals surface area (Å²) >= 11 is 0. The van der Waals surface area contributed by atoms with E-state index < -0.39 is 21.9 Å². The van der Waals surface area contributed by atoms with E-state index in [1.54, 1.807) is 42.5 Å². The van der Waals surface area contributed by atoms with Crippen molar-refractivity contribution in [3.05, 3.63) is 89.0 Å². The molecule has 1 heterocycles. The number of halogens is 2. The molecule has 1 atom stereocenters. The molecule has 0 aromatic heterocycles. The molecule has 0 N–H and O–H groups in total. The zero-order chi connectivity index (χ0) is 22.9. The summed E-state index contributed by atoms with van der Waals surface area (Å²) in [6, 6.07) is 15.1. The van der Waals surface area contributed by atoms with E-state index in [-0.39, 0.29) is 10.7 Å². The molecule has 0 saturated heterocycles. The van der Waals surface area contributed by atoms with Crippen LogP contribution < -0.4 is 9.04 Å². The molecule has 7 heteroatoms. The molecule has 1 unspecified atom stereocenters. The van der Waals surface area contributed by atoms with E-state index >= 15 is 0 Å². The Morgan fingerprint density at radius 1 is 1.03 bits per heavy atom. The molecule has 4 rings (SSSR count). The largest absolute Gasteiger partial charge is 0.497 e. The highest BCUT2D eigenvalue weighted by atomic mass is 32.2. The number of sulfonamides is 1. The molecule has 0 bridgehead atoms. The Morgan fingerprint density at radius 2 is 1.78 bits per heavy atom. The van der Waals surface area contributed by atoms with Crippen LogP contribution in [0.4, 0.5) is 14.5 Å². The van der Waals surface area contributed by atoms with Crippen molar-refractivity contribution in [2.24, 2.45) is 0 Å². The average Bonchev–Trinajstić information content (AvgIpc) is 2.77. The third kappa shape index (κ3) is 4.35. The van der Waals surface area contributed by atoms with E-state index in [9.17, 15) is 17.2 Å². The van der Waals surface area contributed by atoms with Crippen LogP contribution in [0.2, 0.25) is 0 Å². The highest BCUT2D eigenvalue weighted by Gasteiger charge is 2.36. The van der Waals surface area contributed by atoms with Crippen molar-refractivity contribution in [3.63, 3.8) is 0 Å². The number of benzene rings is 3. The van der Waals surface area contributed by atoms with Crippen LogP contribution in [0.5, 0.6) is 5.75 Å². The lowest BCUT2D eigenvalue weighted by atomic mass is 9.94. The lowest BCUT2D eigenvalue weighted by Gasteiger charge is -2.38. The smallest absolute Gasteiger partial charge is 0.264 e. The monoisotopic (exact) mass is 457 g/mol. The topological polar surface area (TPSA) is 46.6 Å². The molecule has 32 heavy (non-hydrogen) atoms. The van der Waals surface area contributed by atoms with Crippen LogP contribution in [0.15, 0.2) is 65.6 Å². The first kappa shape index (κ1) is 22.3. The summed E-state index contributed by atoms with van der Waals surface area (Å²) < 4.78 is 62.3. The normalized spacial score (nSPS) is 16.0.